The normalized spacial score (nSPS) is 26.0. The fourth-order valence-corrected chi connectivity index (χ4v) is 5.71. The van der Waals surface area contributed by atoms with Gasteiger partial charge in [-0.05, 0) is 62.8 Å². The first kappa shape index (κ1) is 21.0. The largest absolute Gasteiger partial charge is 0.481 e. The Morgan fingerprint density at radius 1 is 1.32 bits per heavy atom. The molecule has 2 aliphatic rings. The van der Waals surface area contributed by atoms with Crippen molar-refractivity contribution in [3.05, 3.63) is 42.0 Å². The molecule has 7 heteroatoms. The van der Waals surface area contributed by atoms with Crippen molar-refractivity contribution in [2.45, 2.75) is 56.0 Å². The number of benzene rings is 1. The molecule has 1 aliphatic carbocycles. The Hall–Kier alpha value is -1.70. The Balaban J connectivity index is 1.62. The van der Waals surface area contributed by atoms with E-state index in [4.69, 9.17) is 5.11 Å². The van der Waals surface area contributed by atoms with Crippen LogP contribution >= 0.6 is 0 Å². The van der Waals surface area contributed by atoms with Crippen LogP contribution in [0.2, 0.25) is 0 Å². The lowest BCUT2D eigenvalue weighted by molar-refractivity contribution is -0.137. The van der Waals surface area contributed by atoms with Crippen LogP contribution in [0.1, 0.15) is 37.7 Å². The minimum Gasteiger partial charge on any atom is -0.481 e. The Labute approximate surface area is 167 Å². The zero-order valence-electron chi connectivity index (χ0n) is 16.6. The number of hydrogen-bond donors (Lipinski definition) is 1. The molecule has 0 amide bonds. The average molecular weight is 407 g/mol. The van der Waals surface area contributed by atoms with Crippen LogP contribution in [0.4, 0.5) is 0 Å². The highest BCUT2D eigenvalue weighted by Gasteiger charge is 2.34. The summed E-state index contributed by atoms with van der Waals surface area (Å²) < 4.78 is 27.4. The van der Waals surface area contributed by atoms with Crippen LogP contribution in [-0.4, -0.2) is 60.9 Å². The average Bonchev–Trinajstić information content (AvgIpc) is 3.16. The summed E-state index contributed by atoms with van der Waals surface area (Å²) in [6.45, 7) is 3.77. The summed E-state index contributed by atoms with van der Waals surface area (Å²) in [6, 6.07) is 7.07. The molecule has 0 bridgehead atoms. The molecule has 1 aliphatic heterocycles. The van der Waals surface area contributed by atoms with E-state index in [-0.39, 0.29) is 18.5 Å². The van der Waals surface area contributed by atoms with E-state index in [0.717, 1.165) is 37.9 Å². The monoisotopic (exact) mass is 406 g/mol. The van der Waals surface area contributed by atoms with Crippen molar-refractivity contribution in [3.8, 4) is 0 Å². The van der Waals surface area contributed by atoms with Gasteiger partial charge in [0.1, 0.15) is 0 Å². The maximum absolute atomic E-state index is 13.0. The van der Waals surface area contributed by atoms with Crippen molar-refractivity contribution in [3.63, 3.8) is 0 Å². The molecule has 154 valence electrons. The lowest BCUT2D eigenvalue weighted by Crippen LogP contribution is -2.43. The smallest absolute Gasteiger partial charge is 0.303 e. The molecule has 1 aromatic carbocycles. The lowest BCUT2D eigenvalue weighted by atomic mass is 9.92. The van der Waals surface area contributed by atoms with Crippen molar-refractivity contribution in [1.29, 1.82) is 0 Å². The lowest BCUT2D eigenvalue weighted by Gasteiger charge is -2.37. The van der Waals surface area contributed by atoms with Gasteiger partial charge in [0.15, 0.2) is 0 Å². The van der Waals surface area contributed by atoms with Crippen LogP contribution in [0.3, 0.4) is 0 Å². The molecule has 1 fully saturated rings. The minimum atomic E-state index is -3.53. The highest BCUT2D eigenvalue weighted by atomic mass is 32.2. The van der Waals surface area contributed by atoms with Crippen LogP contribution in [0.25, 0.3) is 0 Å². The third-order valence-corrected chi connectivity index (χ3v) is 7.84. The molecule has 1 N–H and O–H groups in total. The predicted octanol–water partition coefficient (Wildman–Crippen LogP) is 2.89. The van der Waals surface area contributed by atoms with Crippen LogP contribution in [0.5, 0.6) is 0 Å². The second-order valence-electron chi connectivity index (χ2n) is 8.03. The molecule has 3 atom stereocenters. The first-order valence-corrected chi connectivity index (χ1v) is 11.4. The third-order valence-electron chi connectivity index (χ3n) is 5.96. The number of rotatable bonds is 7. The molecular weight excluding hydrogens is 376 g/mol. The van der Waals surface area contributed by atoms with Crippen LogP contribution < -0.4 is 0 Å². The summed E-state index contributed by atoms with van der Waals surface area (Å²) in [5, 5.41) is 8.92. The summed E-state index contributed by atoms with van der Waals surface area (Å²) in [7, 11) is -1.88. The van der Waals surface area contributed by atoms with Gasteiger partial charge >= 0.3 is 5.97 Å². The van der Waals surface area contributed by atoms with E-state index in [1.54, 1.807) is 25.2 Å². The summed E-state index contributed by atoms with van der Waals surface area (Å²) in [4.78, 5) is 13.6. The molecule has 6 nitrogen and oxygen atoms in total. The SMILES string of the molecule is Cc1cccc(S(=O)(=O)N(C)[C@H]2C=C[C@@H](N3CCCC(CCC(=O)O)C3)C2)c1. The molecule has 1 aromatic rings. The number of sulfonamides is 1. The molecular formula is C21H30N2O4S. The quantitative estimate of drug-likeness (QED) is 0.705. The van der Waals surface area contributed by atoms with Crippen molar-refractivity contribution in [1.82, 2.24) is 9.21 Å². The molecule has 3 rings (SSSR count). The van der Waals surface area contributed by atoms with Gasteiger partial charge in [-0.15, -0.1) is 0 Å². The highest BCUT2D eigenvalue weighted by Crippen LogP contribution is 2.29. The van der Waals surface area contributed by atoms with Crippen LogP contribution in [-0.2, 0) is 14.8 Å². The number of likely N-dealkylation sites (N-methyl/N-ethyl adjacent to an activating group) is 1. The number of hydrogen-bond acceptors (Lipinski definition) is 4. The van der Waals surface area contributed by atoms with Crippen molar-refractivity contribution in [2.24, 2.45) is 5.92 Å². The zero-order valence-corrected chi connectivity index (χ0v) is 17.4. The van der Waals surface area contributed by atoms with Gasteiger partial charge in [0, 0.05) is 32.1 Å². The molecule has 0 saturated carbocycles. The van der Waals surface area contributed by atoms with Gasteiger partial charge in [0.2, 0.25) is 10.0 Å². The van der Waals surface area contributed by atoms with E-state index in [0.29, 0.717) is 17.2 Å². The van der Waals surface area contributed by atoms with Crippen molar-refractivity contribution >= 4 is 16.0 Å². The second kappa shape index (κ2) is 8.76. The number of likely N-dealkylation sites (tertiary alicyclic amines) is 1. The molecule has 0 spiro atoms. The molecule has 28 heavy (non-hydrogen) atoms. The first-order chi connectivity index (χ1) is 13.3. The summed E-state index contributed by atoms with van der Waals surface area (Å²) in [5.41, 5.74) is 0.926. The Morgan fingerprint density at radius 2 is 2.11 bits per heavy atom. The fraction of sp³-hybridized carbons (Fsp3) is 0.571. The number of carboxylic acids is 1. The van der Waals surface area contributed by atoms with Crippen LogP contribution in [0.15, 0.2) is 41.3 Å². The van der Waals surface area contributed by atoms with Gasteiger partial charge in [0.05, 0.1) is 4.90 Å². The number of nitrogens with zero attached hydrogens (tertiary/aromatic N) is 2. The number of carboxylic acid groups (broad SMARTS) is 1. The standard InChI is InChI=1S/C21H30N2O4S/c1-16-5-3-7-20(13-16)28(26,27)22(2)18-9-10-19(14-18)23-12-4-6-17(15-23)8-11-21(24)25/h3,5,7,9-10,13,17-19H,4,6,8,11-12,14-15H2,1-2H3,(H,24,25)/t17?,18-,19+/m0/s1. The van der Waals surface area contributed by atoms with Gasteiger partial charge in [-0.3, -0.25) is 9.69 Å². The van der Waals surface area contributed by atoms with E-state index in [2.05, 4.69) is 11.0 Å². The summed E-state index contributed by atoms with van der Waals surface area (Å²) in [5.74, 6) is -0.327. The van der Waals surface area contributed by atoms with Gasteiger partial charge < -0.3 is 5.11 Å². The fourth-order valence-electron chi connectivity index (χ4n) is 4.28. The van der Waals surface area contributed by atoms with E-state index in [9.17, 15) is 13.2 Å². The summed E-state index contributed by atoms with van der Waals surface area (Å²) in [6.07, 6.45) is 7.94. The topological polar surface area (TPSA) is 77.9 Å². The second-order valence-corrected chi connectivity index (χ2v) is 10.0. The van der Waals surface area contributed by atoms with E-state index >= 15 is 0 Å². The van der Waals surface area contributed by atoms with E-state index in [1.807, 2.05) is 19.1 Å². The highest BCUT2D eigenvalue weighted by molar-refractivity contribution is 7.89. The number of aryl methyl sites for hydroxylation is 1. The number of aliphatic carboxylic acids is 1. The Kier molecular flexibility index (Phi) is 6.58. The Morgan fingerprint density at radius 3 is 2.82 bits per heavy atom. The third kappa shape index (κ3) is 4.82. The first-order valence-electron chi connectivity index (χ1n) is 9.96. The summed E-state index contributed by atoms with van der Waals surface area (Å²) >= 11 is 0. The van der Waals surface area contributed by atoms with Gasteiger partial charge in [-0.25, -0.2) is 8.42 Å². The van der Waals surface area contributed by atoms with Crippen molar-refractivity contribution < 1.29 is 18.3 Å². The van der Waals surface area contributed by atoms with E-state index < -0.39 is 16.0 Å². The van der Waals surface area contributed by atoms with Gasteiger partial charge in [-0.2, -0.15) is 4.31 Å². The van der Waals surface area contributed by atoms with Crippen molar-refractivity contribution in [2.75, 3.05) is 20.1 Å². The van der Waals surface area contributed by atoms with E-state index in [1.165, 1.54) is 4.31 Å². The van der Waals surface area contributed by atoms with Gasteiger partial charge in [-0.1, -0.05) is 24.3 Å². The van der Waals surface area contributed by atoms with Crippen LogP contribution in [0, 0.1) is 12.8 Å². The zero-order chi connectivity index (χ0) is 20.3. The molecule has 0 radical (unpaired) electrons. The maximum Gasteiger partial charge on any atom is 0.303 e. The molecule has 1 heterocycles. The Bertz CT molecular complexity index is 837. The predicted molar refractivity (Wildman–Crippen MR) is 109 cm³/mol. The maximum atomic E-state index is 13.0. The minimum absolute atomic E-state index is 0.157. The number of piperidine rings is 1. The molecule has 1 saturated heterocycles. The van der Waals surface area contributed by atoms with Gasteiger partial charge in [0.25, 0.3) is 0 Å². The molecule has 0 aromatic heterocycles. The number of carbonyl (C=O) groups is 1. The molecule has 1 unspecified atom stereocenters.